The third-order valence-corrected chi connectivity index (χ3v) is 6.17. The van der Waals surface area contributed by atoms with Crippen LogP contribution in [0.5, 0.6) is 11.5 Å². The Kier molecular flexibility index (Phi) is 7.41. The first kappa shape index (κ1) is 21.6. The molecule has 1 aromatic heterocycles. The highest BCUT2D eigenvalue weighted by atomic mass is 16.6. The molecule has 166 valence electrons. The van der Waals surface area contributed by atoms with Crippen LogP contribution in [0.25, 0.3) is 0 Å². The molecule has 2 aromatic rings. The molecule has 0 N–H and O–H groups in total. The van der Waals surface area contributed by atoms with E-state index in [2.05, 4.69) is 4.98 Å². The number of carbonyl (C=O) groups excluding carboxylic acids is 1. The van der Waals surface area contributed by atoms with Crippen molar-refractivity contribution in [1.82, 2.24) is 9.88 Å². The average molecular weight is 425 g/mol. The predicted octanol–water partition coefficient (Wildman–Crippen LogP) is 4.37. The van der Waals surface area contributed by atoms with Crippen molar-refractivity contribution < 1.29 is 19.0 Å². The van der Waals surface area contributed by atoms with Gasteiger partial charge in [-0.2, -0.15) is 0 Å². The molecule has 1 amide bonds. The quantitative estimate of drug-likeness (QED) is 0.598. The van der Waals surface area contributed by atoms with Gasteiger partial charge in [0.25, 0.3) is 0 Å². The van der Waals surface area contributed by atoms with Gasteiger partial charge in [-0.15, -0.1) is 0 Å². The first-order valence-electron chi connectivity index (χ1n) is 11.3. The Morgan fingerprint density at radius 1 is 1.13 bits per heavy atom. The Labute approximate surface area is 184 Å². The second-order valence-corrected chi connectivity index (χ2v) is 8.55. The summed E-state index contributed by atoms with van der Waals surface area (Å²) in [6.07, 6.45) is 9.98. The van der Waals surface area contributed by atoms with Gasteiger partial charge >= 0.3 is 0 Å². The molecular formula is C25H32N2O4. The normalized spacial score (nSPS) is 18.8. The van der Waals surface area contributed by atoms with E-state index in [1.807, 2.05) is 41.4 Å². The Hall–Kier alpha value is -2.60. The summed E-state index contributed by atoms with van der Waals surface area (Å²) in [6.45, 7) is 2.43. The number of ether oxygens (including phenoxy) is 3. The molecular weight excluding hydrogens is 392 g/mol. The van der Waals surface area contributed by atoms with Crippen LogP contribution in [0.2, 0.25) is 0 Å². The van der Waals surface area contributed by atoms with Crippen molar-refractivity contribution in [3.05, 3.63) is 53.9 Å². The highest BCUT2D eigenvalue weighted by Crippen LogP contribution is 2.32. The van der Waals surface area contributed by atoms with Gasteiger partial charge < -0.3 is 19.1 Å². The number of rotatable bonds is 9. The molecule has 6 nitrogen and oxygen atoms in total. The van der Waals surface area contributed by atoms with E-state index in [4.69, 9.17) is 14.2 Å². The van der Waals surface area contributed by atoms with Crippen molar-refractivity contribution in [1.29, 1.82) is 0 Å². The van der Waals surface area contributed by atoms with Crippen LogP contribution in [0.3, 0.4) is 0 Å². The van der Waals surface area contributed by atoms with Gasteiger partial charge in [0.1, 0.15) is 6.10 Å². The maximum absolute atomic E-state index is 13.2. The van der Waals surface area contributed by atoms with Crippen LogP contribution in [0, 0.1) is 5.92 Å². The van der Waals surface area contributed by atoms with Crippen LogP contribution in [-0.2, 0) is 22.6 Å². The van der Waals surface area contributed by atoms with Gasteiger partial charge in [0.2, 0.25) is 5.91 Å². The van der Waals surface area contributed by atoms with E-state index in [1.54, 1.807) is 13.3 Å². The summed E-state index contributed by atoms with van der Waals surface area (Å²) in [4.78, 5) is 19.3. The molecule has 1 atom stereocenters. The molecule has 2 heterocycles. The zero-order valence-corrected chi connectivity index (χ0v) is 18.3. The lowest BCUT2D eigenvalue weighted by molar-refractivity contribution is -0.133. The predicted molar refractivity (Wildman–Crippen MR) is 118 cm³/mol. The first-order valence-corrected chi connectivity index (χ1v) is 11.3. The summed E-state index contributed by atoms with van der Waals surface area (Å²) in [7, 11) is 1.65. The summed E-state index contributed by atoms with van der Waals surface area (Å²) in [5.74, 6) is 2.13. The Balaban J connectivity index is 1.48. The number of amides is 1. The molecule has 2 aliphatic rings. The summed E-state index contributed by atoms with van der Waals surface area (Å²) < 4.78 is 17.0. The third kappa shape index (κ3) is 5.97. The Bertz CT molecular complexity index is 846. The summed E-state index contributed by atoms with van der Waals surface area (Å²) in [6, 6.07) is 9.87. The maximum atomic E-state index is 13.2. The van der Waals surface area contributed by atoms with E-state index in [0.717, 1.165) is 42.7 Å². The topological polar surface area (TPSA) is 60.9 Å². The van der Waals surface area contributed by atoms with Crippen molar-refractivity contribution in [2.75, 3.05) is 20.3 Å². The number of carbonyl (C=O) groups is 1. The maximum Gasteiger partial charge on any atom is 0.223 e. The highest BCUT2D eigenvalue weighted by molar-refractivity contribution is 5.76. The minimum Gasteiger partial charge on any atom is -0.493 e. The van der Waals surface area contributed by atoms with Crippen molar-refractivity contribution >= 4 is 5.91 Å². The molecule has 4 rings (SSSR count). The van der Waals surface area contributed by atoms with Crippen LogP contribution in [-0.4, -0.2) is 42.2 Å². The van der Waals surface area contributed by atoms with E-state index in [1.165, 1.54) is 12.8 Å². The molecule has 2 fully saturated rings. The minimum atomic E-state index is 0.0646. The Morgan fingerprint density at radius 2 is 1.97 bits per heavy atom. The molecule has 0 unspecified atom stereocenters. The van der Waals surface area contributed by atoms with E-state index in [0.29, 0.717) is 37.8 Å². The number of nitrogens with zero attached hydrogens (tertiary/aromatic N) is 2. The van der Waals surface area contributed by atoms with Crippen molar-refractivity contribution in [3.8, 4) is 11.5 Å². The van der Waals surface area contributed by atoms with Crippen LogP contribution in [0.4, 0.5) is 0 Å². The van der Waals surface area contributed by atoms with Crippen LogP contribution in [0.1, 0.15) is 49.7 Å². The Morgan fingerprint density at radius 3 is 2.68 bits per heavy atom. The van der Waals surface area contributed by atoms with E-state index >= 15 is 0 Å². The standard InChI is InChI=1S/C25H32N2O4/c1-29-24-13-20(8-9-23(24)31-22-10-12-30-18-22)16-27(17-21-7-4-11-26-15-21)25(28)14-19-5-2-3-6-19/h4,7-9,11,13,15,19,22H,2-3,5-6,10,12,14,16-18H2,1H3/t22-/m0/s1. The minimum absolute atomic E-state index is 0.0646. The highest BCUT2D eigenvalue weighted by Gasteiger charge is 2.23. The fourth-order valence-corrected chi connectivity index (χ4v) is 4.45. The summed E-state index contributed by atoms with van der Waals surface area (Å²) in [5, 5.41) is 0. The lowest BCUT2D eigenvalue weighted by Crippen LogP contribution is -2.31. The lowest BCUT2D eigenvalue weighted by atomic mass is 10.0. The number of methoxy groups -OCH3 is 1. The van der Waals surface area contributed by atoms with Gasteiger partial charge in [-0.3, -0.25) is 9.78 Å². The summed E-state index contributed by atoms with van der Waals surface area (Å²) >= 11 is 0. The number of aromatic nitrogens is 1. The van der Waals surface area contributed by atoms with E-state index in [9.17, 15) is 4.79 Å². The fourth-order valence-electron chi connectivity index (χ4n) is 4.45. The number of benzene rings is 1. The van der Waals surface area contributed by atoms with Gasteiger partial charge in [-0.25, -0.2) is 0 Å². The zero-order chi connectivity index (χ0) is 21.5. The molecule has 31 heavy (non-hydrogen) atoms. The molecule has 1 aliphatic heterocycles. The average Bonchev–Trinajstić information content (AvgIpc) is 3.49. The largest absolute Gasteiger partial charge is 0.493 e. The second kappa shape index (κ2) is 10.6. The van der Waals surface area contributed by atoms with Crippen LogP contribution in [0.15, 0.2) is 42.7 Å². The molecule has 1 saturated heterocycles. The monoisotopic (exact) mass is 424 g/mol. The van der Waals surface area contributed by atoms with Crippen LogP contribution >= 0.6 is 0 Å². The molecule has 6 heteroatoms. The molecule has 0 spiro atoms. The van der Waals surface area contributed by atoms with E-state index < -0.39 is 0 Å². The fraction of sp³-hybridized carbons (Fsp3) is 0.520. The smallest absolute Gasteiger partial charge is 0.223 e. The van der Waals surface area contributed by atoms with Gasteiger partial charge in [0.05, 0.1) is 20.3 Å². The van der Waals surface area contributed by atoms with Gasteiger partial charge in [0, 0.05) is 38.3 Å². The van der Waals surface area contributed by atoms with Crippen molar-refractivity contribution in [2.45, 2.75) is 57.7 Å². The molecule has 0 bridgehead atoms. The number of pyridine rings is 1. The molecule has 1 aromatic carbocycles. The third-order valence-electron chi connectivity index (χ3n) is 6.17. The van der Waals surface area contributed by atoms with Crippen LogP contribution < -0.4 is 9.47 Å². The molecule has 1 aliphatic carbocycles. The van der Waals surface area contributed by atoms with E-state index in [-0.39, 0.29) is 12.0 Å². The zero-order valence-electron chi connectivity index (χ0n) is 18.3. The van der Waals surface area contributed by atoms with Gasteiger partial charge in [0.15, 0.2) is 11.5 Å². The lowest BCUT2D eigenvalue weighted by Gasteiger charge is -2.25. The van der Waals surface area contributed by atoms with Gasteiger partial charge in [-0.05, 0) is 48.1 Å². The summed E-state index contributed by atoms with van der Waals surface area (Å²) in [5.41, 5.74) is 2.06. The number of hydrogen-bond acceptors (Lipinski definition) is 5. The van der Waals surface area contributed by atoms with Crippen molar-refractivity contribution in [2.24, 2.45) is 5.92 Å². The van der Waals surface area contributed by atoms with Gasteiger partial charge in [-0.1, -0.05) is 25.0 Å². The second-order valence-electron chi connectivity index (χ2n) is 8.55. The molecule has 1 saturated carbocycles. The molecule has 0 radical (unpaired) electrons. The van der Waals surface area contributed by atoms with Crippen molar-refractivity contribution in [3.63, 3.8) is 0 Å². The SMILES string of the molecule is COc1cc(CN(Cc2cccnc2)C(=O)CC2CCCC2)ccc1O[C@H]1CCOC1. The first-order chi connectivity index (χ1) is 15.2. The number of hydrogen-bond donors (Lipinski definition) is 0.